The molecule has 1 heterocycles. The highest BCUT2D eigenvalue weighted by molar-refractivity contribution is 7.99. The maximum absolute atomic E-state index is 4.29. The van der Waals surface area contributed by atoms with Gasteiger partial charge in [0, 0.05) is 16.7 Å². The molecule has 0 fully saturated rings. The van der Waals surface area contributed by atoms with Crippen molar-refractivity contribution in [3.8, 4) is 0 Å². The third-order valence-corrected chi connectivity index (χ3v) is 2.50. The van der Waals surface area contributed by atoms with Gasteiger partial charge in [0.05, 0.1) is 0 Å². The van der Waals surface area contributed by atoms with Crippen LogP contribution < -0.4 is 0 Å². The van der Waals surface area contributed by atoms with E-state index in [0.29, 0.717) is 0 Å². The fourth-order valence-electron chi connectivity index (χ4n) is 0.758. The van der Waals surface area contributed by atoms with Crippen LogP contribution in [0.3, 0.4) is 0 Å². The van der Waals surface area contributed by atoms with Gasteiger partial charge in [0.1, 0.15) is 5.03 Å². The fourth-order valence-corrected chi connectivity index (χ4v) is 1.76. The van der Waals surface area contributed by atoms with E-state index in [-0.39, 0.29) is 0 Å². The first-order chi connectivity index (χ1) is 5.26. The average molecular weight is 184 g/mol. The number of pyridine rings is 1. The lowest BCUT2D eigenvalue weighted by molar-refractivity contribution is 1.02. The van der Waals surface area contributed by atoms with Gasteiger partial charge in [-0.1, -0.05) is 0 Å². The van der Waals surface area contributed by atoms with Gasteiger partial charge in [-0.15, -0.1) is 23.5 Å². The largest absolute Gasteiger partial charge is 0.246 e. The quantitative estimate of drug-likeness (QED) is 0.656. The van der Waals surface area contributed by atoms with Crippen molar-refractivity contribution >= 4 is 23.5 Å². The molecule has 0 bridgehead atoms. The summed E-state index contributed by atoms with van der Waals surface area (Å²) < 4.78 is 0. The molecule has 0 aliphatic heterocycles. The molecular weight excluding hydrogens is 174 g/mol. The summed E-state index contributed by atoms with van der Waals surface area (Å²) in [5, 5.41) is 0.981. The first-order valence-electron chi connectivity index (χ1n) is 3.25. The van der Waals surface area contributed by atoms with E-state index in [9.17, 15) is 0 Å². The minimum Gasteiger partial charge on any atom is -0.246 e. The van der Waals surface area contributed by atoms with Crippen molar-refractivity contribution in [1.29, 1.82) is 0 Å². The number of thioether (sulfide) groups is 2. The highest BCUT2D eigenvalue weighted by Gasteiger charge is 1.97. The van der Waals surface area contributed by atoms with Crippen molar-refractivity contribution in [2.75, 3.05) is 12.5 Å². The van der Waals surface area contributed by atoms with Gasteiger partial charge in [-0.25, -0.2) is 4.98 Å². The van der Waals surface area contributed by atoms with Crippen molar-refractivity contribution in [3.05, 3.63) is 17.8 Å². The van der Waals surface area contributed by atoms with Gasteiger partial charge in [0.15, 0.2) is 0 Å². The lowest BCUT2D eigenvalue weighted by Crippen LogP contribution is -1.85. The number of aryl methyl sites for hydroxylation is 1. The smallest absolute Gasteiger partial charge is 0.105 e. The van der Waals surface area contributed by atoms with Crippen molar-refractivity contribution < 1.29 is 0 Å². The molecule has 1 radical (unpaired) electrons. The number of nitrogens with zero attached hydrogens (tertiary/aromatic N) is 1. The zero-order valence-corrected chi connectivity index (χ0v) is 8.47. The van der Waals surface area contributed by atoms with Crippen LogP contribution in [0.25, 0.3) is 0 Å². The van der Waals surface area contributed by atoms with Gasteiger partial charge in [-0.05, 0) is 25.5 Å². The van der Waals surface area contributed by atoms with Crippen LogP contribution in [0.15, 0.2) is 16.0 Å². The second-order valence-electron chi connectivity index (χ2n) is 2.10. The molecular formula is C8H10NS2. The molecule has 0 spiro atoms. The summed E-state index contributed by atoms with van der Waals surface area (Å²) in [6, 6.07) is 5.25. The Morgan fingerprint density at radius 3 is 2.64 bits per heavy atom. The second-order valence-corrected chi connectivity index (χ2v) is 3.74. The summed E-state index contributed by atoms with van der Waals surface area (Å²) in [4.78, 5) is 5.46. The first kappa shape index (κ1) is 8.94. The number of rotatable bonds is 2. The number of aromatic nitrogens is 1. The highest BCUT2D eigenvalue weighted by atomic mass is 32.2. The minimum absolute atomic E-state index is 0.981. The van der Waals surface area contributed by atoms with Crippen molar-refractivity contribution in [3.63, 3.8) is 0 Å². The standard InChI is InChI=1S/C8H10NS2/c1-6-4-7(10-2)5-8(9-6)11-3/h4H,1-3H3. The molecule has 0 N–H and O–H groups in total. The van der Waals surface area contributed by atoms with Gasteiger partial charge < -0.3 is 0 Å². The van der Waals surface area contributed by atoms with E-state index in [1.54, 1.807) is 23.5 Å². The summed E-state index contributed by atoms with van der Waals surface area (Å²) in [5.74, 6) is 0. The predicted molar refractivity (Wildman–Crippen MR) is 51.4 cm³/mol. The first-order valence-corrected chi connectivity index (χ1v) is 5.70. The van der Waals surface area contributed by atoms with Gasteiger partial charge in [0.2, 0.25) is 0 Å². The van der Waals surface area contributed by atoms with Gasteiger partial charge >= 0.3 is 0 Å². The zero-order valence-electron chi connectivity index (χ0n) is 6.84. The maximum atomic E-state index is 4.29. The van der Waals surface area contributed by atoms with Crippen LogP contribution >= 0.6 is 23.5 Å². The van der Waals surface area contributed by atoms with Crippen molar-refractivity contribution in [2.45, 2.75) is 16.8 Å². The Morgan fingerprint density at radius 1 is 1.36 bits per heavy atom. The molecule has 59 valence electrons. The van der Waals surface area contributed by atoms with E-state index < -0.39 is 0 Å². The molecule has 11 heavy (non-hydrogen) atoms. The van der Waals surface area contributed by atoms with E-state index in [1.807, 2.05) is 19.2 Å². The van der Waals surface area contributed by atoms with E-state index in [1.165, 1.54) is 4.90 Å². The third kappa shape index (κ3) is 2.42. The van der Waals surface area contributed by atoms with Crippen molar-refractivity contribution in [2.24, 2.45) is 0 Å². The number of hydrogen-bond donors (Lipinski definition) is 0. The zero-order chi connectivity index (χ0) is 8.27. The minimum atomic E-state index is 0.981. The van der Waals surface area contributed by atoms with Gasteiger partial charge in [0.25, 0.3) is 0 Å². The Kier molecular flexibility index (Phi) is 3.27. The molecule has 1 aromatic rings. The van der Waals surface area contributed by atoms with Crippen LogP contribution in [0.2, 0.25) is 0 Å². The lowest BCUT2D eigenvalue weighted by atomic mass is 10.4. The summed E-state index contributed by atoms with van der Waals surface area (Å²) in [7, 11) is 0. The number of hydrogen-bond acceptors (Lipinski definition) is 3. The third-order valence-electron chi connectivity index (χ3n) is 1.26. The summed E-state index contributed by atoms with van der Waals surface area (Å²) in [6.45, 7) is 2.01. The molecule has 0 aromatic carbocycles. The molecule has 0 saturated carbocycles. The lowest BCUT2D eigenvalue weighted by Gasteiger charge is -2.00. The summed E-state index contributed by atoms with van der Waals surface area (Å²) in [5.41, 5.74) is 1.07. The monoisotopic (exact) mass is 184 g/mol. The van der Waals surface area contributed by atoms with E-state index in [0.717, 1.165) is 10.7 Å². The van der Waals surface area contributed by atoms with E-state index in [4.69, 9.17) is 0 Å². The van der Waals surface area contributed by atoms with Gasteiger partial charge in [-0.2, -0.15) is 0 Å². The Morgan fingerprint density at radius 2 is 2.09 bits per heavy atom. The molecule has 3 heteroatoms. The Balaban J connectivity index is 3.02. The average Bonchev–Trinajstić information content (AvgIpc) is 2.03. The molecule has 0 saturated heterocycles. The molecule has 1 rings (SSSR count). The van der Waals surface area contributed by atoms with Crippen LogP contribution in [-0.2, 0) is 0 Å². The second kappa shape index (κ2) is 4.02. The normalized spacial score (nSPS) is 10.1. The van der Waals surface area contributed by atoms with Crippen LogP contribution in [0, 0.1) is 13.0 Å². The molecule has 0 aliphatic carbocycles. The Labute approximate surface area is 76.0 Å². The SMILES string of the molecule is CSc1[c]c(SC)nc(C)c1. The van der Waals surface area contributed by atoms with E-state index >= 15 is 0 Å². The predicted octanol–water partition coefficient (Wildman–Crippen LogP) is 2.63. The molecule has 1 nitrogen and oxygen atoms in total. The Bertz CT molecular complexity index is 226. The highest BCUT2D eigenvalue weighted by Crippen LogP contribution is 2.20. The van der Waals surface area contributed by atoms with Crippen LogP contribution in [0.4, 0.5) is 0 Å². The molecule has 0 amide bonds. The van der Waals surface area contributed by atoms with Crippen LogP contribution in [-0.4, -0.2) is 17.5 Å². The molecule has 1 aromatic heterocycles. The topological polar surface area (TPSA) is 12.9 Å². The summed E-state index contributed by atoms with van der Waals surface area (Å²) >= 11 is 3.34. The molecule has 0 aliphatic rings. The molecule has 0 atom stereocenters. The van der Waals surface area contributed by atoms with Crippen molar-refractivity contribution in [1.82, 2.24) is 4.98 Å². The fraction of sp³-hybridized carbons (Fsp3) is 0.375. The van der Waals surface area contributed by atoms with Gasteiger partial charge in [-0.3, -0.25) is 0 Å². The van der Waals surface area contributed by atoms with Crippen LogP contribution in [0.1, 0.15) is 5.69 Å². The Hall–Kier alpha value is -0.150. The van der Waals surface area contributed by atoms with E-state index in [2.05, 4.69) is 17.3 Å². The molecule has 0 unspecified atom stereocenters. The summed E-state index contributed by atoms with van der Waals surface area (Å²) in [6.07, 6.45) is 4.07. The maximum Gasteiger partial charge on any atom is 0.105 e. The van der Waals surface area contributed by atoms with Crippen LogP contribution in [0.5, 0.6) is 0 Å².